The van der Waals surface area contributed by atoms with Gasteiger partial charge in [-0.25, -0.2) is 0 Å². The molecule has 1 aromatic carbocycles. The molecule has 2 N–H and O–H groups in total. The molecule has 3 aromatic rings. The second-order valence-electron chi connectivity index (χ2n) is 4.45. The van der Waals surface area contributed by atoms with Crippen LogP contribution < -0.4 is 10.5 Å². The summed E-state index contributed by atoms with van der Waals surface area (Å²) in [7, 11) is 1.65. The number of benzene rings is 1. The van der Waals surface area contributed by atoms with Crippen LogP contribution in [0.2, 0.25) is 0 Å². The second kappa shape index (κ2) is 5.13. The van der Waals surface area contributed by atoms with E-state index in [1.807, 2.05) is 40.9 Å². The highest BCUT2D eigenvalue weighted by molar-refractivity contribution is 9.10. The largest absolute Gasteiger partial charge is 0.497 e. The van der Waals surface area contributed by atoms with Crippen LogP contribution in [0.5, 0.6) is 5.75 Å². The maximum absolute atomic E-state index is 5.93. The number of nitrogen functional groups attached to an aromatic ring is 1. The summed E-state index contributed by atoms with van der Waals surface area (Å²) in [6.45, 7) is 0. The molecular weight excluding hydrogens is 320 g/mol. The lowest BCUT2D eigenvalue weighted by Crippen LogP contribution is -1.98. The van der Waals surface area contributed by atoms with E-state index in [0.717, 1.165) is 21.6 Å². The maximum atomic E-state index is 5.93. The topological polar surface area (TPSA) is 65.4 Å². The van der Waals surface area contributed by atoms with Crippen LogP contribution in [0, 0.1) is 0 Å². The van der Waals surface area contributed by atoms with Crippen molar-refractivity contribution in [3.05, 3.63) is 52.4 Å². The van der Waals surface area contributed by atoms with Gasteiger partial charge in [0.15, 0.2) is 5.65 Å². The lowest BCUT2D eigenvalue weighted by molar-refractivity contribution is 0.414. The predicted octanol–water partition coefficient (Wildman–Crippen LogP) is 2.67. The summed E-state index contributed by atoms with van der Waals surface area (Å²) < 4.78 is 7.96. The summed E-state index contributed by atoms with van der Waals surface area (Å²) in [5, 5.41) is 8.35. The first kappa shape index (κ1) is 12.9. The molecule has 0 saturated carbocycles. The molecule has 0 saturated heterocycles. The molecule has 2 heterocycles. The average molecular weight is 333 g/mol. The maximum Gasteiger partial charge on any atom is 0.184 e. The predicted molar refractivity (Wildman–Crippen MR) is 80.9 cm³/mol. The smallest absolute Gasteiger partial charge is 0.184 e. The zero-order valence-corrected chi connectivity index (χ0v) is 12.5. The van der Waals surface area contributed by atoms with Crippen molar-refractivity contribution in [2.75, 3.05) is 12.8 Å². The Bertz CT molecular complexity index is 752. The molecule has 0 aliphatic rings. The van der Waals surface area contributed by atoms with Crippen molar-refractivity contribution in [2.24, 2.45) is 0 Å². The van der Waals surface area contributed by atoms with Crippen LogP contribution in [0.25, 0.3) is 5.65 Å². The van der Waals surface area contributed by atoms with E-state index in [1.54, 1.807) is 7.11 Å². The zero-order valence-electron chi connectivity index (χ0n) is 10.9. The summed E-state index contributed by atoms with van der Waals surface area (Å²) in [6.07, 6.45) is 2.60. The van der Waals surface area contributed by atoms with Crippen LogP contribution in [0.4, 0.5) is 5.69 Å². The Kier molecular flexibility index (Phi) is 3.31. The standard InChI is InChI=1S/C14H13BrN4O/c1-20-11-4-2-9(3-5-11)6-13-17-18-14-12(16)7-10(15)8-19(13)14/h2-5,7-8H,6,16H2,1H3. The number of rotatable bonds is 3. The Morgan fingerprint density at radius 3 is 2.70 bits per heavy atom. The average Bonchev–Trinajstić information content (AvgIpc) is 2.83. The Balaban J connectivity index is 1.97. The first-order valence-electron chi connectivity index (χ1n) is 6.09. The number of anilines is 1. The van der Waals surface area contributed by atoms with Crippen molar-refractivity contribution in [2.45, 2.75) is 6.42 Å². The van der Waals surface area contributed by atoms with Gasteiger partial charge in [0.25, 0.3) is 0 Å². The Hall–Kier alpha value is -2.08. The lowest BCUT2D eigenvalue weighted by Gasteiger charge is -2.04. The van der Waals surface area contributed by atoms with Crippen LogP contribution >= 0.6 is 15.9 Å². The molecule has 0 fully saturated rings. The molecule has 0 atom stereocenters. The molecule has 0 spiro atoms. The van der Waals surface area contributed by atoms with E-state index in [-0.39, 0.29) is 0 Å². The fraction of sp³-hybridized carbons (Fsp3) is 0.143. The van der Waals surface area contributed by atoms with E-state index in [2.05, 4.69) is 26.1 Å². The van der Waals surface area contributed by atoms with Gasteiger partial charge in [-0.3, -0.25) is 4.40 Å². The molecule has 0 aliphatic carbocycles. The molecule has 6 heteroatoms. The molecular formula is C14H13BrN4O. The minimum Gasteiger partial charge on any atom is -0.497 e. The van der Waals surface area contributed by atoms with Crippen LogP contribution in [-0.4, -0.2) is 21.7 Å². The minimum absolute atomic E-state index is 0.604. The lowest BCUT2D eigenvalue weighted by atomic mass is 10.1. The third kappa shape index (κ3) is 2.34. The molecule has 0 radical (unpaired) electrons. The number of halogens is 1. The number of nitrogens with two attached hydrogens (primary N) is 1. The number of methoxy groups -OCH3 is 1. The Morgan fingerprint density at radius 1 is 1.25 bits per heavy atom. The Morgan fingerprint density at radius 2 is 2.00 bits per heavy atom. The van der Waals surface area contributed by atoms with Crippen LogP contribution in [0.1, 0.15) is 11.4 Å². The zero-order chi connectivity index (χ0) is 14.1. The van der Waals surface area contributed by atoms with Crippen molar-refractivity contribution in [1.82, 2.24) is 14.6 Å². The first-order valence-corrected chi connectivity index (χ1v) is 6.88. The van der Waals surface area contributed by atoms with Gasteiger partial charge in [-0.1, -0.05) is 12.1 Å². The summed E-state index contributed by atoms with van der Waals surface area (Å²) in [4.78, 5) is 0. The number of nitrogens with zero attached hydrogens (tertiary/aromatic N) is 3. The van der Waals surface area contributed by atoms with Gasteiger partial charge < -0.3 is 10.5 Å². The molecule has 20 heavy (non-hydrogen) atoms. The minimum atomic E-state index is 0.604. The molecule has 0 bridgehead atoms. The van der Waals surface area contributed by atoms with E-state index in [9.17, 15) is 0 Å². The highest BCUT2D eigenvalue weighted by Gasteiger charge is 2.09. The van der Waals surface area contributed by atoms with Gasteiger partial charge in [0.05, 0.1) is 12.8 Å². The summed E-state index contributed by atoms with van der Waals surface area (Å²) >= 11 is 3.43. The van der Waals surface area contributed by atoms with E-state index in [0.29, 0.717) is 17.8 Å². The van der Waals surface area contributed by atoms with Crippen molar-refractivity contribution in [1.29, 1.82) is 0 Å². The van der Waals surface area contributed by atoms with Gasteiger partial charge in [0.2, 0.25) is 0 Å². The van der Waals surface area contributed by atoms with E-state index >= 15 is 0 Å². The third-order valence-electron chi connectivity index (χ3n) is 3.09. The van der Waals surface area contributed by atoms with Crippen LogP contribution in [0.3, 0.4) is 0 Å². The fourth-order valence-corrected chi connectivity index (χ4v) is 2.53. The molecule has 0 aliphatic heterocycles. The molecule has 3 rings (SSSR count). The van der Waals surface area contributed by atoms with Crippen molar-refractivity contribution in [3.8, 4) is 5.75 Å². The molecule has 102 valence electrons. The van der Waals surface area contributed by atoms with E-state index in [4.69, 9.17) is 10.5 Å². The van der Waals surface area contributed by atoms with Crippen LogP contribution in [0.15, 0.2) is 41.0 Å². The van der Waals surface area contributed by atoms with Gasteiger partial charge in [-0.05, 0) is 39.7 Å². The van der Waals surface area contributed by atoms with Crippen molar-refractivity contribution in [3.63, 3.8) is 0 Å². The first-order chi connectivity index (χ1) is 9.67. The van der Waals surface area contributed by atoms with Gasteiger partial charge in [0.1, 0.15) is 11.6 Å². The Labute approximate surface area is 124 Å². The monoisotopic (exact) mass is 332 g/mol. The van der Waals surface area contributed by atoms with Crippen molar-refractivity contribution >= 4 is 27.3 Å². The fourth-order valence-electron chi connectivity index (χ4n) is 2.08. The number of ether oxygens (including phenoxy) is 1. The highest BCUT2D eigenvalue weighted by atomic mass is 79.9. The number of hydrogen-bond donors (Lipinski definition) is 1. The third-order valence-corrected chi connectivity index (χ3v) is 3.53. The number of aromatic nitrogens is 3. The normalized spacial score (nSPS) is 10.9. The number of fused-ring (bicyclic) bond motifs is 1. The quantitative estimate of drug-likeness (QED) is 0.800. The van der Waals surface area contributed by atoms with E-state index in [1.165, 1.54) is 0 Å². The number of pyridine rings is 1. The van der Waals surface area contributed by atoms with Gasteiger partial charge in [-0.2, -0.15) is 0 Å². The SMILES string of the molecule is COc1ccc(Cc2nnc3c(N)cc(Br)cn23)cc1. The molecule has 0 amide bonds. The summed E-state index contributed by atoms with van der Waals surface area (Å²) in [5.41, 5.74) is 8.35. The molecule has 2 aromatic heterocycles. The van der Waals surface area contributed by atoms with Crippen molar-refractivity contribution < 1.29 is 4.74 Å². The summed E-state index contributed by atoms with van der Waals surface area (Å²) in [5.74, 6) is 1.69. The molecule has 5 nitrogen and oxygen atoms in total. The van der Waals surface area contributed by atoms with Gasteiger partial charge >= 0.3 is 0 Å². The molecule has 0 unspecified atom stereocenters. The van der Waals surface area contributed by atoms with Gasteiger partial charge in [-0.15, -0.1) is 10.2 Å². The number of hydrogen-bond acceptors (Lipinski definition) is 4. The summed E-state index contributed by atoms with van der Waals surface area (Å²) in [6, 6.07) is 9.72. The van der Waals surface area contributed by atoms with Gasteiger partial charge in [0, 0.05) is 17.1 Å². The highest BCUT2D eigenvalue weighted by Crippen LogP contribution is 2.21. The van der Waals surface area contributed by atoms with E-state index < -0.39 is 0 Å². The van der Waals surface area contributed by atoms with Crippen LogP contribution in [-0.2, 0) is 6.42 Å². The second-order valence-corrected chi connectivity index (χ2v) is 5.36.